The fraction of sp³-hybridized carbons (Fsp3) is 0.938. The normalized spacial score (nSPS) is 17.5. The average molecular weight is 268 g/mol. The number of nitrogens with two attached hydrogens (primary N) is 1. The molecule has 112 valence electrons. The van der Waals surface area contributed by atoms with Gasteiger partial charge in [0, 0.05) is 20.0 Å². The summed E-state index contributed by atoms with van der Waals surface area (Å²) in [5.74, 6) is 1.04. The van der Waals surface area contributed by atoms with Gasteiger partial charge in [-0.25, -0.2) is 0 Å². The summed E-state index contributed by atoms with van der Waals surface area (Å²) >= 11 is 0. The summed E-state index contributed by atoms with van der Waals surface area (Å²) in [5.41, 5.74) is 5.80. The molecular weight excluding hydrogens is 236 g/mol. The van der Waals surface area contributed by atoms with Crippen molar-refractivity contribution >= 4 is 5.91 Å². The van der Waals surface area contributed by atoms with E-state index in [-0.39, 0.29) is 5.41 Å². The average Bonchev–Trinajstić information content (AvgIpc) is 2.37. The summed E-state index contributed by atoms with van der Waals surface area (Å²) in [7, 11) is 1.97. The zero-order chi connectivity index (χ0) is 14.3. The fourth-order valence-corrected chi connectivity index (χ4v) is 3.01. The number of hydrogen-bond acceptors (Lipinski definition) is 2. The lowest BCUT2D eigenvalue weighted by Gasteiger charge is -2.29. The van der Waals surface area contributed by atoms with Crippen molar-refractivity contribution in [3.63, 3.8) is 0 Å². The molecule has 1 saturated carbocycles. The molecule has 3 heteroatoms. The molecule has 1 amide bonds. The lowest BCUT2D eigenvalue weighted by molar-refractivity contribution is -0.131. The molecule has 0 saturated heterocycles. The number of nitrogens with zero attached hydrogens (tertiary/aromatic N) is 1. The molecule has 1 aliphatic rings. The lowest BCUT2D eigenvalue weighted by atomic mass is 9.84. The molecule has 0 spiro atoms. The molecule has 0 atom stereocenters. The van der Waals surface area contributed by atoms with Crippen LogP contribution < -0.4 is 5.73 Å². The maximum Gasteiger partial charge on any atom is 0.222 e. The van der Waals surface area contributed by atoms with Crippen molar-refractivity contribution in [1.82, 2.24) is 4.90 Å². The Morgan fingerprint density at radius 2 is 1.84 bits per heavy atom. The van der Waals surface area contributed by atoms with Crippen molar-refractivity contribution in [2.24, 2.45) is 17.1 Å². The van der Waals surface area contributed by atoms with Gasteiger partial charge in [-0.1, -0.05) is 33.1 Å². The molecule has 0 aromatic heterocycles. The molecule has 1 rings (SSSR count). The summed E-state index contributed by atoms with van der Waals surface area (Å²) in [6.07, 6.45) is 9.27. The van der Waals surface area contributed by atoms with Gasteiger partial charge in [0.05, 0.1) is 0 Å². The van der Waals surface area contributed by atoms with Crippen molar-refractivity contribution in [1.29, 1.82) is 0 Å². The molecule has 1 aliphatic carbocycles. The van der Waals surface area contributed by atoms with Crippen LogP contribution in [0.4, 0.5) is 0 Å². The van der Waals surface area contributed by atoms with E-state index in [9.17, 15) is 4.79 Å². The highest BCUT2D eigenvalue weighted by atomic mass is 16.2. The van der Waals surface area contributed by atoms with Crippen molar-refractivity contribution in [3.05, 3.63) is 0 Å². The van der Waals surface area contributed by atoms with Gasteiger partial charge in [0.2, 0.25) is 5.91 Å². The molecule has 0 aromatic rings. The van der Waals surface area contributed by atoms with Crippen molar-refractivity contribution in [2.75, 3.05) is 20.1 Å². The van der Waals surface area contributed by atoms with E-state index in [1.165, 1.54) is 32.1 Å². The predicted octanol–water partition coefficient (Wildman–Crippen LogP) is 3.18. The Hall–Kier alpha value is -0.570. The van der Waals surface area contributed by atoms with E-state index in [1.54, 1.807) is 0 Å². The van der Waals surface area contributed by atoms with Gasteiger partial charge >= 0.3 is 0 Å². The first-order valence-corrected chi connectivity index (χ1v) is 7.88. The number of hydrogen-bond donors (Lipinski definition) is 1. The SMILES string of the molecule is CN(CC1CCCCC1)C(=O)CCC(C)(C)CCN. The first-order valence-electron chi connectivity index (χ1n) is 7.88. The van der Waals surface area contributed by atoms with Crippen LogP contribution in [0, 0.1) is 11.3 Å². The van der Waals surface area contributed by atoms with Crippen LogP contribution in [0.25, 0.3) is 0 Å². The van der Waals surface area contributed by atoms with Gasteiger partial charge < -0.3 is 10.6 Å². The molecule has 1 fully saturated rings. The summed E-state index contributed by atoms with van der Waals surface area (Å²) in [4.78, 5) is 14.1. The summed E-state index contributed by atoms with van der Waals surface area (Å²) < 4.78 is 0. The van der Waals surface area contributed by atoms with Crippen LogP contribution in [-0.4, -0.2) is 30.9 Å². The third-order valence-electron chi connectivity index (χ3n) is 4.52. The van der Waals surface area contributed by atoms with E-state index >= 15 is 0 Å². The number of carbonyl (C=O) groups excluding carboxylic acids is 1. The maximum atomic E-state index is 12.2. The van der Waals surface area contributed by atoms with Crippen LogP contribution >= 0.6 is 0 Å². The third kappa shape index (κ3) is 6.42. The van der Waals surface area contributed by atoms with Gasteiger partial charge in [0.1, 0.15) is 0 Å². The molecule has 0 radical (unpaired) electrons. The third-order valence-corrected chi connectivity index (χ3v) is 4.52. The van der Waals surface area contributed by atoms with E-state index in [4.69, 9.17) is 5.73 Å². The number of rotatable bonds is 7. The smallest absolute Gasteiger partial charge is 0.222 e. The Bertz CT molecular complexity index is 270. The Morgan fingerprint density at radius 3 is 2.42 bits per heavy atom. The zero-order valence-corrected chi connectivity index (χ0v) is 13.1. The topological polar surface area (TPSA) is 46.3 Å². The van der Waals surface area contributed by atoms with E-state index in [1.807, 2.05) is 11.9 Å². The highest BCUT2D eigenvalue weighted by Gasteiger charge is 2.21. The van der Waals surface area contributed by atoms with Gasteiger partial charge in [0.25, 0.3) is 0 Å². The van der Waals surface area contributed by atoms with Crippen molar-refractivity contribution in [2.45, 2.75) is 65.2 Å². The Labute approximate surface area is 118 Å². The minimum absolute atomic E-state index is 0.191. The summed E-state index contributed by atoms with van der Waals surface area (Å²) in [6.45, 7) is 6.07. The summed E-state index contributed by atoms with van der Waals surface area (Å²) in [5, 5.41) is 0. The van der Waals surface area contributed by atoms with E-state index in [2.05, 4.69) is 13.8 Å². The van der Waals surface area contributed by atoms with E-state index in [0.717, 1.165) is 25.3 Å². The van der Waals surface area contributed by atoms with Crippen molar-refractivity contribution in [3.8, 4) is 0 Å². The highest BCUT2D eigenvalue weighted by Crippen LogP contribution is 2.27. The largest absolute Gasteiger partial charge is 0.345 e. The predicted molar refractivity (Wildman–Crippen MR) is 80.9 cm³/mol. The molecule has 0 bridgehead atoms. The first kappa shape index (κ1) is 16.5. The Morgan fingerprint density at radius 1 is 1.21 bits per heavy atom. The van der Waals surface area contributed by atoms with E-state index < -0.39 is 0 Å². The molecule has 0 aliphatic heterocycles. The van der Waals surface area contributed by atoms with Crippen molar-refractivity contribution < 1.29 is 4.79 Å². The second kappa shape index (κ2) is 7.88. The van der Waals surface area contributed by atoms with Crippen LogP contribution in [0.15, 0.2) is 0 Å². The van der Waals surface area contributed by atoms with Gasteiger partial charge in [-0.15, -0.1) is 0 Å². The monoisotopic (exact) mass is 268 g/mol. The summed E-state index contributed by atoms with van der Waals surface area (Å²) in [6, 6.07) is 0. The Balaban J connectivity index is 2.27. The first-order chi connectivity index (χ1) is 8.94. The van der Waals surface area contributed by atoms with Gasteiger partial charge in [-0.3, -0.25) is 4.79 Å². The number of carbonyl (C=O) groups is 1. The number of amides is 1. The Kier molecular flexibility index (Phi) is 6.84. The molecule has 19 heavy (non-hydrogen) atoms. The van der Waals surface area contributed by atoms with Crippen LogP contribution in [-0.2, 0) is 4.79 Å². The second-order valence-electron chi connectivity index (χ2n) is 6.98. The quantitative estimate of drug-likeness (QED) is 0.771. The molecular formula is C16H32N2O. The van der Waals surface area contributed by atoms with Gasteiger partial charge in [-0.05, 0) is 43.6 Å². The minimum atomic E-state index is 0.191. The van der Waals surface area contributed by atoms with Gasteiger partial charge in [-0.2, -0.15) is 0 Å². The molecule has 0 unspecified atom stereocenters. The van der Waals surface area contributed by atoms with Crippen LogP contribution in [0.1, 0.15) is 65.2 Å². The molecule has 0 aromatic carbocycles. The van der Waals surface area contributed by atoms with Gasteiger partial charge in [0.15, 0.2) is 0 Å². The molecule has 0 heterocycles. The second-order valence-corrected chi connectivity index (χ2v) is 6.98. The fourth-order valence-electron chi connectivity index (χ4n) is 3.01. The minimum Gasteiger partial charge on any atom is -0.345 e. The zero-order valence-electron chi connectivity index (χ0n) is 13.1. The van der Waals surface area contributed by atoms with Crippen LogP contribution in [0.3, 0.4) is 0 Å². The van der Waals surface area contributed by atoms with E-state index in [0.29, 0.717) is 18.9 Å². The highest BCUT2D eigenvalue weighted by molar-refractivity contribution is 5.75. The standard InChI is InChI=1S/C16H32N2O/c1-16(2,11-12-17)10-9-15(19)18(3)13-14-7-5-4-6-8-14/h14H,4-13,17H2,1-3H3. The van der Waals surface area contributed by atoms with Crippen LogP contribution in [0.5, 0.6) is 0 Å². The molecule has 3 nitrogen and oxygen atoms in total. The molecule has 2 N–H and O–H groups in total. The maximum absolute atomic E-state index is 12.2. The van der Waals surface area contributed by atoms with Crippen LogP contribution in [0.2, 0.25) is 0 Å². The lowest BCUT2D eigenvalue weighted by Crippen LogP contribution is -2.33.